The van der Waals surface area contributed by atoms with Crippen molar-refractivity contribution < 1.29 is 0 Å². The Kier molecular flexibility index (Phi) is 5.93. The first-order chi connectivity index (χ1) is 7.36. The fourth-order valence-corrected chi connectivity index (χ4v) is 2.19. The number of nitrogens with two attached hydrogens (primary N) is 1. The summed E-state index contributed by atoms with van der Waals surface area (Å²) in [7, 11) is 0. The van der Waals surface area contributed by atoms with E-state index >= 15 is 0 Å². The van der Waals surface area contributed by atoms with Gasteiger partial charge in [0, 0.05) is 4.90 Å². The maximum absolute atomic E-state index is 5.08. The van der Waals surface area contributed by atoms with E-state index < -0.39 is 0 Å². The van der Waals surface area contributed by atoms with E-state index in [1.165, 1.54) is 29.9 Å². The zero-order valence-corrected chi connectivity index (χ0v) is 9.96. The molecule has 0 aliphatic heterocycles. The van der Waals surface area contributed by atoms with Gasteiger partial charge in [-0.2, -0.15) is 5.10 Å². The van der Waals surface area contributed by atoms with E-state index in [1.54, 1.807) is 6.21 Å². The quantitative estimate of drug-likeness (QED) is 0.264. The second-order valence-corrected chi connectivity index (χ2v) is 4.57. The molecule has 0 unspecified atom stereocenters. The van der Waals surface area contributed by atoms with Crippen LogP contribution in [-0.4, -0.2) is 12.0 Å². The number of nitrogens with zero attached hydrogens (tertiary/aromatic N) is 1. The van der Waals surface area contributed by atoms with Crippen LogP contribution in [0.2, 0.25) is 0 Å². The number of thioether (sulfide) groups is 1. The van der Waals surface area contributed by atoms with Crippen molar-refractivity contribution in [1.29, 1.82) is 0 Å². The zero-order chi connectivity index (χ0) is 10.9. The van der Waals surface area contributed by atoms with Gasteiger partial charge in [-0.1, -0.05) is 31.9 Å². The minimum absolute atomic E-state index is 1.05. The van der Waals surface area contributed by atoms with Gasteiger partial charge in [-0.05, 0) is 29.9 Å². The molecule has 0 atom stereocenters. The van der Waals surface area contributed by atoms with Crippen LogP contribution in [0.25, 0.3) is 0 Å². The molecule has 0 spiro atoms. The Balaban J connectivity index is 2.36. The predicted octanol–water partition coefficient (Wildman–Crippen LogP) is 3.26. The molecule has 1 rings (SSSR count). The van der Waals surface area contributed by atoms with E-state index in [0.717, 1.165) is 5.56 Å². The van der Waals surface area contributed by atoms with E-state index in [-0.39, 0.29) is 0 Å². The molecule has 0 saturated heterocycles. The first kappa shape index (κ1) is 12.1. The van der Waals surface area contributed by atoms with E-state index in [4.69, 9.17) is 5.84 Å². The fraction of sp³-hybridized carbons (Fsp3) is 0.417. The molecule has 3 heteroatoms. The molecule has 0 aliphatic rings. The summed E-state index contributed by atoms with van der Waals surface area (Å²) in [4.78, 5) is 1.32. The summed E-state index contributed by atoms with van der Waals surface area (Å²) in [5.74, 6) is 6.28. The van der Waals surface area contributed by atoms with E-state index in [0.29, 0.717) is 0 Å². The largest absolute Gasteiger partial charge is 0.323 e. The van der Waals surface area contributed by atoms with Crippen LogP contribution in [0.4, 0.5) is 0 Å². The topological polar surface area (TPSA) is 38.4 Å². The smallest absolute Gasteiger partial charge is 0.0538 e. The van der Waals surface area contributed by atoms with Crippen LogP contribution < -0.4 is 5.84 Å². The molecule has 82 valence electrons. The van der Waals surface area contributed by atoms with E-state index in [9.17, 15) is 0 Å². The lowest BCUT2D eigenvalue weighted by Gasteiger charge is -2.01. The van der Waals surface area contributed by atoms with Gasteiger partial charge >= 0.3 is 0 Å². The molecule has 0 aliphatic carbocycles. The lowest BCUT2D eigenvalue weighted by molar-refractivity contribution is 0.778. The van der Waals surface area contributed by atoms with Crippen LogP contribution >= 0.6 is 11.8 Å². The molecule has 1 aromatic rings. The summed E-state index contributed by atoms with van der Waals surface area (Å²) in [6, 6.07) is 8.32. The number of unbranched alkanes of at least 4 members (excludes halogenated alkanes) is 2. The third-order valence-corrected chi connectivity index (χ3v) is 3.22. The predicted molar refractivity (Wildman–Crippen MR) is 68.5 cm³/mol. The van der Waals surface area contributed by atoms with Crippen molar-refractivity contribution in [3.8, 4) is 0 Å². The van der Waals surface area contributed by atoms with Crippen LogP contribution in [0.15, 0.2) is 34.3 Å². The number of hydrazone groups is 1. The highest BCUT2D eigenvalue weighted by Crippen LogP contribution is 2.19. The molecule has 15 heavy (non-hydrogen) atoms. The van der Waals surface area contributed by atoms with Gasteiger partial charge in [-0.3, -0.25) is 0 Å². The summed E-state index contributed by atoms with van der Waals surface area (Å²) in [6.07, 6.45) is 5.57. The Morgan fingerprint density at radius 2 is 2.00 bits per heavy atom. The molecule has 1 aromatic carbocycles. The van der Waals surface area contributed by atoms with Gasteiger partial charge in [0.2, 0.25) is 0 Å². The number of hydrogen-bond acceptors (Lipinski definition) is 3. The highest BCUT2D eigenvalue weighted by Gasteiger charge is 1.94. The van der Waals surface area contributed by atoms with Crippen molar-refractivity contribution in [3.63, 3.8) is 0 Å². The lowest BCUT2D eigenvalue weighted by Crippen LogP contribution is -1.86. The van der Waals surface area contributed by atoms with Gasteiger partial charge in [0.25, 0.3) is 0 Å². The molecule has 0 heterocycles. The Morgan fingerprint density at radius 3 is 2.60 bits per heavy atom. The molecule has 0 radical (unpaired) electrons. The second-order valence-electron chi connectivity index (χ2n) is 3.40. The standard InChI is InChI=1S/C12H18N2S/c1-2-3-4-9-15-12-7-5-11(6-8-12)10-14-13/h5-8,10H,2-4,9,13H2,1H3. The van der Waals surface area contributed by atoms with E-state index in [1.807, 2.05) is 23.9 Å². The van der Waals surface area contributed by atoms with Gasteiger partial charge in [-0.25, -0.2) is 0 Å². The first-order valence-corrected chi connectivity index (χ1v) is 6.31. The number of rotatable bonds is 6. The Hall–Kier alpha value is -0.960. The van der Waals surface area contributed by atoms with Crippen molar-refractivity contribution in [3.05, 3.63) is 29.8 Å². The van der Waals surface area contributed by atoms with Crippen molar-refractivity contribution in [1.82, 2.24) is 0 Å². The van der Waals surface area contributed by atoms with E-state index in [2.05, 4.69) is 24.2 Å². The molecule has 2 N–H and O–H groups in total. The van der Waals surface area contributed by atoms with Crippen LogP contribution in [0.1, 0.15) is 31.7 Å². The second kappa shape index (κ2) is 7.35. The number of benzene rings is 1. The summed E-state index contributed by atoms with van der Waals surface area (Å²) in [6.45, 7) is 2.23. The molecule has 0 saturated carbocycles. The van der Waals surface area contributed by atoms with Crippen molar-refractivity contribution in [2.24, 2.45) is 10.9 Å². The zero-order valence-electron chi connectivity index (χ0n) is 9.15. The average Bonchev–Trinajstić information content (AvgIpc) is 2.27. The van der Waals surface area contributed by atoms with Crippen molar-refractivity contribution in [2.45, 2.75) is 31.1 Å². The lowest BCUT2D eigenvalue weighted by atomic mass is 10.2. The molecule has 0 bridgehead atoms. The summed E-state index contributed by atoms with van der Waals surface area (Å²) < 4.78 is 0. The Bertz CT molecular complexity index is 293. The van der Waals surface area contributed by atoms with Gasteiger partial charge < -0.3 is 5.84 Å². The fourth-order valence-electron chi connectivity index (χ4n) is 1.28. The molecule has 0 fully saturated rings. The molecular formula is C12H18N2S. The van der Waals surface area contributed by atoms with Gasteiger partial charge in [-0.15, -0.1) is 11.8 Å². The normalized spacial score (nSPS) is 11.0. The minimum Gasteiger partial charge on any atom is -0.323 e. The van der Waals surface area contributed by atoms with Crippen LogP contribution in [0, 0.1) is 0 Å². The Morgan fingerprint density at radius 1 is 1.27 bits per heavy atom. The molecule has 0 aromatic heterocycles. The summed E-state index contributed by atoms with van der Waals surface area (Å²) in [5, 5.41) is 3.49. The SMILES string of the molecule is CCCCCSc1ccc(C=NN)cc1. The van der Waals surface area contributed by atoms with Gasteiger partial charge in [0.1, 0.15) is 0 Å². The molecular weight excluding hydrogens is 204 g/mol. The van der Waals surface area contributed by atoms with Crippen molar-refractivity contribution >= 4 is 18.0 Å². The third kappa shape index (κ3) is 4.88. The third-order valence-electron chi connectivity index (χ3n) is 2.12. The summed E-state index contributed by atoms with van der Waals surface area (Å²) in [5.41, 5.74) is 1.05. The summed E-state index contributed by atoms with van der Waals surface area (Å²) >= 11 is 1.91. The first-order valence-electron chi connectivity index (χ1n) is 5.33. The Labute approximate surface area is 95.9 Å². The minimum atomic E-state index is 1.05. The van der Waals surface area contributed by atoms with Gasteiger partial charge in [0.05, 0.1) is 6.21 Å². The van der Waals surface area contributed by atoms with Crippen LogP contribution in [-0.2, 0) is 0 Å². The monoisotopic (exact) mass is 222 g/mol. The molecule has 0 amide bonds. The van der Waals surface area contributed by atoms with Crippen LogP contribution in [0.5, 0.6) is 0 Å². The highest BCUT2D eigenvalue weighted by atomic mass is 32.2. The maximum atomic E-state index is 5.08. The highest BCUT2D eigenvalue weighted by molar-refractivity contribution is 7.99. The molecule has 2 nitrogen and oxygen atoms in total. The average molecular weight is 222 g/mol. The van der Waals surface area contributed by atoms with Crippen LogP contribution in [0.3, 0.4) is 0 Å². The maximum Gasteiger partial charge on any atom is 0.0538 e. The van der Waals surface area contributed by atoms with Crippen molar-refractivity contribution in [2.75, 3.05) is 5.75 Å². The number of hydrogen-bond donors (Lipinski definition) is 1. The van der Waals surface area contributed by atoms with Gasteiger partial charge in [0.15, 0.2) is 0 Å².